The van der Waals surface area contributed by atoms with E-state index in [0.29, 0.717) is 11.1 Å². The van der Waals surface area contributed by atoms with Gasteiger partial charge in [-0.25, -0.2) is 0 Å². The van der Waals surface area contributed by atoms with Gasteiger partial charge in [0.25, 0.3) is 0 Å². The second-order valence-electron chi connectivity index (χ2n) is 6.22. The highest BCUT2D eigenvalue weighted by atomic mass is 32.2. The second kappa shape index (κ2) is 6.87. The van der Waals surface area contributed by atoms with Crippen molar-refractivity contribution >= 4 is 15.8 Å². The van der Waals surface area contributed by atoms with Gasteiger partial charge >= 0.3 is 33.4 Å². The standard InChI is InChI=1S/C17H8F9NO3S/c18-14(19,16(22,23)24)15(20,21)17(25,26)31(28,29)30-27-13-11-7-3-1-5-9(11)10-6-2-4-8-12(10)13/h1-8H. The molecule has 4 nitrogen and oxygen atoms in total. The summed E-state index contributed by atoms with van der Waals surface area (Å²) in [5, 5.41) is -4.09. The molecule has 0 aromatic heterocycles. The highest BCUT2D eigenvalue weighted by Gasteiger charge is 2.86. The summed E-state index contributed by atoms with van der Waals surface area (Å²) in [6.45, 7) is 0. The van der Waals surface area contributed by atoms with Crippen LogP contribution in [0.3, 0.4) is 0 Å². The third-order valence-electron chi connectivity index (χ3n) is 4.31. The van der Waals surface area contributed by atoms with Crippen molar-refractivity contribution in [3.05, 3.63) is 59.7 Å². The number of nitrogens with zero attached hydrogens (tertiary/aromatic N) is 1. The topological polar surface area (TPSA) is 55.7 Å². The van der Waals surface area contributed by atoms with Gasteiger partial charge in [0.1, 0.15) is 5.71 Å². The Balaban J connectivity index is 2.04. The Morgan fingerprint density at radius 3 is 1.42 bits per heavy atom. The van der Waals surface area contributed by atoms with Gasteiger partial charge in [-0.05, 0) is 11.1 Å². The molecule has 168 valence electrons. The number of fused-ring (bicyclic) bond motifs is 3. The van der Waals surface area contributed by atoms with E-state index >= 15 is 0 Å². The fraction of sp³-hybridized carbons (Fsp3) is 0.235. The van der Waals surface area contributed by atoms with Crippen LogP contribution in [0.2, 0.25) is 0 Å². The van der Waals surface area contributed by atoms with E-state index in [-0.39, 0.29) is 11.1 Å². The van der Waals surface area contributed by atoms with E-state index in [1.807, 2.05) is 0 Å². The quantitative estimate of drug-likeness (QED) is 0.376. The van der Waals surface area contributed by atoms with Gasteiger partial charge in [-0.1, -0.05) is 53.7 Å². The SMILES string of the molecule is O=S(=O)(ON=C1c2ccccc2-c2ccccc21)C(F)(F)C(F)(F)C(F)(F)C(F)(F)F. The van der Waals surface area contributed by atoms with Crippen molar-refractivity contribution in [1.82, 2.24) is 0 Å². The van der Waals surface area contributed by atoms with E-state index in [1.165, 1.54) is 36.4 Å². The van der Waals surface area contributed by atoms with Crippen LogP contribution in [0, 0.1) is 0 Å². The molecule has 2 aromatic carbocycles. The van der Waals surface area contributed by atoms with Crippen LogP contribution in [0.4, 0.5) is 39.5 Å². The third-order valence-corrected chi connectivity index (χ3v) is 5.47. The van der Waals surface area contributed by atoms with E-state index in [9.17, 15) is 47.9 Å². The van der Waals surface area contributed by atoms with Crippen LogP contribution in [0.1, 0.15) is 11.1 Å². The average Bonchev–Trinajstić information content (AvgIpc) is 2.99. The molecule has 1 aliphatic rings. The van der Waals surface area contributed by atoms with Crippen LogP contribution >= 0.6 is 0 Å². The van der Waals surface area contributed by atoms with Crippen molar-refractivity contribution in [2.75, 3.05) is 0 Å². The Kier molecular flexibility index (Phi) is 5.07. The van der Waals surface area contributed by atoms with E-state index in [2.05, 4.69) is 9.44 Å². The number of benzene rings is 2. The number of alkyl halides is 9. The molecule has 3 rings (SSSR count). The van der Waals surface area contributed by atoms with E-state index in [4.69, 9.17) is 0 Å². The molecular formula is C17H8F9NO3S. The fourth-order valence-corrected chi connectivity index (χ4v) is 3.45. The lowest BCUT2D eigenvalue weighted by Crippen LogP contribution is -2.63. The molecule has 0 amide bonds. The van der Waals surface area contributed by atoms with Crippen LogP contribution in [0.5, 0.6) is 0 Å². The summed E-state index contributed by atoms with van der Waals surface area (Å²) in [5.41, 5.74) is 0.665. The monoisotopic (exact) mass is 477 g/mol. The first-order chi connectivity index (χ1) is 14.1. The lowest BCUT2D eigenvalue weighted by Gasteiger charge is -2.31. The summed E-state index contributed by atoms with van der Waals surface area (Å²) < 4.78 is 144. The zero-order valence-electron chi connectivity index (χ0n) is 14.6. The first kappa shape index (κ1) is 22.9. The van der Waals surface area contributed by atoms with E-state index in [1.54, 1.807) is 12.1 Å². The van der Waals surface area contributed by atoms with Gasteiger partial charge in [0.05, 0.1) is 0 Å². The minimum atomic E-state index is -7.40. The lowest BCUT2D eigenvalue weighted by atomic mass is 10.1. The molecule has 14 heteroatoms. The zero-order chi connectivity index (χ0) is 23.5. The van der Waals surface area contributed by atoms with Gasteiger partial charge in [-0.15, -0.1) is 0 Å². The van der Waals surface area contributed by atoms with Crippen molar-refractivity contribution in [2.24, 2.45) is 5.16 Å². The van der Waals surface area contributed by atoms with Crippen LogP contribution < -0.4 is 0 Å². The van der Waals surface area contributed by atoms with Crippen molar-refractivity contribution in [2.45, 2.75) is 23.3 Å². The van der Waals surface area contributed by atoms with Crippen molar-refractivity contribution < 1.29 is 52.2 Å². The second-order valence-corrected chi connectivity index (χ2v) is 7.79. The molecule has 0 unspecified atom stereocenters. The summed E-state index contributed by atoms with van der Waals surface area (Å²) >= 11 is 0. The Morgan fingerprint density at radius 1 is 0.645 bits per heavy atom. The fourth-order valence-electron chi connectivity index (χ4n) is 2.74. The summed E-state index contributed by atoms with van der Waals surface area (Å²) in [5.74, 6) is -14.8. The summed E-state index contributed by atoms with van der Waals surface area (Å²) in [7, 11) is -7.10. The molecule has 0 fully saturated rings. The van der Waals surface area contributed by atoms with Gasteiger partial charge in [0.2, 0.25) is 0 Å². The average molecular weight is 477 g/mol. The molecule has 31 heavy (non-hydrogen) atoms. The largest absolute Gasteiger partial charge is 0.460 e. The number of halogens is 9. The van der Waals surface area contributed by atoms with Crippen LogP contribution in [-0.4, -0.2) is 37.4 Å². The number of oxime groups is 1. The maximum atomic E-state index is 13.8. The Bertz CT molecular complexity index is 1110. The van der Waals surface area contributed by atoms with Crippen molar-refractivity contribution in [3.63, 3.8) is 0 Å². The molecule has 0 aliphatic heterocycles. The van der Waals surface area contributed by atoms with E-state index in [0.717, 1.165) is 0 Å². The van der Waals surface area contributed by atoms with Gasteiger partial charge in [-0.3, -0.25) is 4.28 Å². The normalized spacial score (nSPS) is 14.8. The zero-order valence-corrected chi connectivity index (χ0v) is 15.4. The molecule has 0 radical (unpaired) electrons. The Morgan fingerprint density at radius 2 is 1.03 bits per heavy atom. The molecular weight excluding hydrogens is 469 g/mol. The molecule has 0 heterocycles. The lowest BCUT2D eigenvalue weighted by molar-refractivity contribution is -0.382. The molecule has 0 N–H and O–H groups in total. The molecule has 2 aromatic rings. The van der Waals surface area contributed by atoms with E-state index < -0.39 is 39.1 Å². The molecule has 1 aliphatic carbocycles. The van der Waals surface area contributed by atoms with Gasteiger partial charge in [0, 0.05) is 11.1 Å². The van der Waals surface area contributed by atoms with Crippen LogP contribution in [-0.2, 0) is 14.4 Å². The maximum Gasteiger partial charge on any atom is 0.460 e. The van der Waals surface area contributed by atoms with Crippen LogP contribution in [0.25, 0.3) is 11.1 Å². The predicted octanol–water partition coefficient (Wildman–Crippen LogP) is 5.19. The first-order valence-electron chi connectivity index (χ1n) is 7.97. The molecule has 0 bridgehead atoms. The smallest absolute Gasteiger partial charge is 0.263 e. The molecule has 0 spiro atoms. The van der Waals surface area contributed by atoms with Gasteiger partial charge in [0.15, 0.2) is 0 Å². The Labute approximate surface area is 168 Å². The number of hydrogen-bond acceptors (Lipinski definition) is 4. The summed E-state index contributed by atoms with van der Waals surface area (Å²) in [6.07, 6.45) is -7.18. The summed E-state index contributed by atoms with van der Waals surface area (Å²) in [6, 6.07) is 11.7. The Hall–Kier alpha value is -2.77. The minimum Gasteiger partial charge on any atom is -0.263 e. The maximum absolute atomic E-state index is 13.8. The third kappa shape index (κ3) is 3.23. The highest BCUT2D eigenvalue weighted by molar-refractivity contribution is 7.87. The number of hydrogen-bond donors (Lipinski definition) is 0. The van der Waals surface area contributed by atoms with Crippen molar-refractivity contribution in [1.29, 1.82) is 0 Å². The minimum absolute atomic E-state index is 0.120. The highest BCUT2D eigenvalue weighted by Crippen LogP contribution is 2.55. The molecule has 0 atom stereocenters. The number of rotatable bonds is 5. The summed E-state index contributed by atoms with van der Waals surface area (Å²) in [4.78, 5) is 0. The predicted molar refractivity (Wildman–Crippen MR) is 88.4 cm³/mol. The van der Waals surface area contributed by atoms with Gasteiger partial charge < -0.3 is 0 Å². The molecule has 0 saturated carbocycles. The van der Waals surface area contributed by atoms with Crippen LogP contribution in [0.15, 0.2) is 53.7 Å². The molecule has 0 saturated heterocycles. The van der Waals surface area contributed by atoms with Gasteiger partial charge in [-0.2, -0.15) is 47.9 Å². The first-order valence-corrected chi connectivity index (χ1v) is 9.37. The van der Waals surface area contributed by atoms with Crippen molar-refractivity contribution in [3.8, 4) is 11.1 Å².